The van der Waals surface area contributed by atoms with Crippen molar-refractivity contribution in [2.75, 3.05) is 26.2 Å². The fraction of sp³-hybridized carbons (Fsp3) is 0.643. The van der Waals surface area contributed by atoms with E-state index in [0.717, 1.165) is 25.9 Å². The quantitative estimate of drug-likeness (QED) is 0.726. The Morgan fingerprint density at radius 1 is 1.10 bits per heavy atom. The summed E-state index contributed by atoms with van der Waals surface area (Å²) >= 11 is 0. The van der Waals surface area contributed by atoms with Crippen molar-refractivity contribution >= 4 is 11.9 Å². The number of rotatable bonds is 4. The first-order valence-corrected chi connectivity index (χ1v) is 7.58. The molecular formula is C14H23N5O2. The van der Waals surface area contributed by atoms with Gasteiger partial charge in [-0.2, -0.15) is 5.10 Å². The number of carbonyl (C=O) groups is 2. The standard InChI is InChI=1S/C14H23N5O2/c20-13(12-6-7-17-18-12)15-8-9-16-14(21)19-10-4-2-1-3-5-11-19/h6-7H,1-5,8-11H2,(H,15,20)(H,16,21)(H,17,18). The number of hydrogen-bond donors (Lipinski definition) is 3. The summed E-state index contributed by atoms with van der Waals surface area (Å²) in [7, 11) is 0. The molecule has 0 atom stereocenters. The van der Waals surface area contributed by atoms with E-state index in [-0.39, 0.29) is 11.9 Å². The third-order valence-electron chi connectivity index (χ3n) is 3.58. The van der Waals surface area contributed by atoms with Crippen LogP contribution in [0, 0.1) is 0 Å². The second-order valence-electron chi connectivity index (χ2n) is 5.21. The number of aromatic amines is 1. The minimum Gasteiger partial charge on any atom is -0.349 e. The lowest BCUT2D eigenvalue weighted by Gasteiger charge is -2.25. The van der Waals surface area contributed by atoms with Gasteiger partial charge in [0.15, 0.2) is 0 Å². The molecule has 21 heavy (non-hydrogen) atoms. The Morgan fingerprint density at radius 2 is 1.76 bits per heavy atom. The van der Waals surface area contributed by atoms with Crippen LogP contribution in [0.4, 0.5) is 4.79 Å². The van der Waals surface area contributed by atoms with Gasteiger partial charge in [0.1, 0.15) is 5.69 Å². The number of nitrogens with zero attached hydrogens (tertiary/aromatic N) is 2. The molecule has 0 bridgehead atoms. The molecule has 0 saturated carbocycles. The summed E-state index contributed by atoms with van der Waals surface area (Å²) in [5.41, 5.74) is 0.421. The normalized spacial score (nSPS) is 15.9. The zero-order valence-corrected chi connectivity index (χ0v) is 12.2. The molecule has 116 valence electrons. The SMILES string of the molecule is O=C(NCCNC(=O)N1CCCCCCC1)c1ccn[nH]1. The molecule has 3 N–H and O–H groups in total. The predicted molar refractivity (Wildman–Crippen MR) is 79.0 cm³/mol. The summed E-state index contributed by atoms with van der Waals surface area (Å²) in [4.78, 5) is 25.5. The molecule has 7 nitrogen and oxygen atoms in total. The molecule has 0 unspecified atom stereocenters. The van der Waals surface area contributed by atoms with Crippen LogP contribution in [0.3, 0.4) is 0 Å². The average molecular weight is 293 g/mol. The highest BCUT2D eigenvalue weighted by molar-refractivity contribution is 5.92. The molecule has 1 aliphatic rings. The number of hydrogen-bond acceptors (Lipinski definition) is 3. The van der Waals surface area contributed by atoms with Gasteiger partial charge in [0.2, 0.25) is 0 Å². The molecule has 2 heterocycles. The highest BCUT2D eigenvalue weighted by Crippen LogP contribution is 2.10. The second-order valence-corrected chi connectivity index (χ2v) is 5.21. The molecule has 3 amide bonds. The number of amides is 3. The summed E-state index contributed by atoms with van der Waals surface area (Å²) in [6.45, 7) is 2.48. The van der Waals surface area contributed by atoms with Gasteiger partial charge in [0.05, 0.1) is 0 Å². The van der Waals surface area contributed by atoms with E-state index in [9.17, 15) is 9.59 Å². The summed E-state index contributed by atoms with van der Waals surface area (Å²) in [6.07, 6.45) is 7.34. The Kier molecular flexibility index (Phi) is 6.05. The molecule has 0 radical (unpaired) electrons. The first kappa shape index (κ1) is 15.3. The third kappa shape index (κ3) is 5.09. The van der Waals surface area contributed by atoms with Gasteiger partial charge in [-0.1, -0.05) is 19.3 Å². The van der Waals surface area contributed by atoms with E-state index >= 15 is 0 Å². The molecule has 0 spiro atoms. The van der Waals surface area contributed by atoms with Gasteiger partial charge in [0.25, 0.3) is 5.91 Å². The maximum Gasteiger partial charge on any atom is 0.317 e. The Morgan fingerprint density at radius 3 is 2.43 bits per heavy atom. The Labute approximate surface area is 124 Å². The second kappa shape index (κ2) is 8.28. The van der Waals surface area contributed by atoms with Crippen LogP contribution in [-0.4, -0.2) is 53.2 Å². The monoisotopic (exact) mass is 293 g/mol. The van der Waals surface area contributed by atoms with E-state index in [0.29, 0.717) is 18.8 Å². The lowest BCUT2D eigenvalue weighted by atomic mass is 10.1. The van der Waals surface area contributed by atoms with Gasteiger partial charge < -0.3 is 15.5 Å². The highest BCUT2D eigenvalue weighted by Gasteiger charge is 2.14. The number of nitrogens with one attached hydrogen (secondary N) is 3. The number of urea groups is 1. The van der Waals surface area contributed by atoms with Crippen molar-refractivity contribution in [3.63, 3.8) is 0 Å². The average Bonchev–Trinajstić information content (AvgIpc) is 2.97. The number of carbonyl (C=O) groups excluding carboxylic acids is 2. The Hall–Kier alpha value is -2.05. The minimum atomic E-state index is -0.215. The molecular weight excluding hydrogens is 270 g/mol. The van der Waals surface area contributed by atoms with E-state index < -0.39 is 0 Å². The smallest absolute Gasteiger partial charge is 0.317 e. The maximum absolute atomic E-state index is 12.0. The van der Waals surface area contributed by atoms with Crippen molar-refractivity contribution in [3.8, 4) is 0 Å². The predicted octanol–water partition coefficient (Wildman–Crippen LogP) is 1.12. The molecule has 2 rings (SSSR count). The minimum absolute atomic E-state index is 0.0345. The summed E-state index contributed by atoms with van der Waals surface area (Å²) in [5.74, 6) is -0.215. The number of aromatic nitrogens is 2. The molecule has 1 aromatic heterocycles. The molecule has 1 aromatic rings. The third-order valence-corrected chi connectivity index (χ3v) is 3.58. The van der Waals surface area contributed by atoms with Gasteiger partial charge in [-0.3, -0.25) is 9.89 Å². The van der Waals surface area contributed by atoms with Crippen LogP contribution in [0.2, 0.25) is 0 Å². The van der Waals surface area contributed by atoms with Gasteiger partial charge in [-0.05, 0) is 18.9 Å². The van der Waals surface area contributed by atoms with Crippen LogP contribution < -0.4 is 10.6 Å². The molecule has 0 aliphatic carbocycles. The first-order valence-electron chi connectivity index (χ1n) is 7.58. The van der Waals surface area contributed by atoms with Gasteiger partial charge in [-0.25, -0.2) is 4.79 Å². The van der Waals surface area contributed by atoms with Gasteiger partial charge >= 0.3 is 6.03 Å². The summed E-state index contributed by atoms with van der Waals surface area (Å²) < 4.78 is 0. The van der Waals surface area contributed by atoms with E-state index in [1.807, 2.05) is 4.90 Å². The largest absolute Gasteiger partial charge is 0.349 e. The molecule has 0 aromatic carbocycles. The number of likely N-dealkylation sites (tertiary alicyclic amines) is 1. The van der Waals surface area contributed by atoms with Crippen LogP contribution in [-0.2, 0) is 0 Å². The van der Waals surface area contributed by atoms with Gasteiger partial charge in [0, 0.05) is 32.4 Å². The van der Waals surface area contributed by atoms with Gasteiger partial charge in [-0.15, -0.1) is 0 Å². The maximum atomic E-state index is 12.0. The highest BCUT2D eigenvalue weighted by atomic mass is 16.2. The zero-order chi connectivity index (χ0) is 14.9. The van der Waals surface area contributed by atoms with Crippen molar-refractivity contribution in [2.24, 2.45) is 0 Å². The summed E-state index contributed by atoms with van der Waals surface area (Å²) in [6, 6.07) is 1.57. The Balaban J connectivity index is 1.63. The fourth-order valence-corrected chi connectivity index (χ4v) is 2.39. The fourth-order valence-electron chi connectivity index (χ4n) is 2.39. The van der Waals surface area contributed by atoms with E-state index in [1.165, 1.54) is 25.5 Å². The lowest BCUT2D eigenvalue weighted by Crippen LogP contribution is -2.44. The van der Waals surface area contributed by atoms with E-state index in [1.54, 1.807) is 6.07 Å². The first-order chi connectivity index (χ1) is 10.3. The van der Waals surface area contributed by atoms with Crippen LogP contribution in [0.25, 0.3) is 0 Å². The Bertz CT molecular complexity index is 438. The molecule has 1 aliphatic heterocycles. The van der Waals surface area contributed by atoms with E-state index in [4.69, 9.17) is 0 Å². The lowest BCUT2D eigenvalue weighted by molar-refractivity contribution is 0.0948. The van der Waals surface area contributed by atoms with Crippen molar-refractivity contribution in [3.05, 3.63) is 18.0 Å². The van der Waals surface area contributed by atoms with Crippen molar-refractivity contribution < 1.29 is 9.59 Å². The van der Waals surface area contributed by atoms with E-state index in [2.05, 4.69) is 20.8 Å². The van der Waals surface area contributed by atoms with Crippen molar-refractivity contribution in [2.45, 2.75) is 32.1 Å². The molecule has 1 saturated heterocycles. The molecule has 7 heteroatoms. The topological polar surface area (TPSA) is 90.1 Å². The van der Waals surface area contributed by atoms with Crippen molar-refractivity contribution in [1.29, 1.82) is 0 Å². The zero-order valence-electron chi connectivity index (χ0n) is 12.2. The van der Waals surface area contributed by atoms with Crippen LogP contribution in [0.5, 0.6) is 0 Å². The van der Waals surface area contributed by atoms with Crippen LogP contribution in [0.1, 0.15) is 42.6 Å². The van der Waals surface area contributed by atoms with Crippen molar-refractivity contribution in [1.82, 2.24) is 25.7 Å². The molecule has 1 fully saturated rings. The van der Waals surface area contributed by atoms with Crippen LogP contribution in [0.15, 0.2) is 12.3 Å². The summed E-state index contributed by atoms with van der Waals surface area (Å²) in [5, 5.41) is 11.9. The number of H-pyrrole nitrogens is 1. The van der Waals surface area contributed by atoms with Crippen LogP contribution >= 0.6 is 0 Å².